The Labute approximate surface area is 180 Å². The fraction of sp³-hybridized carbons (Fsp3) is 0.318. The van der Waals surface area contributed by atoms with Crippen LogP contribution in [0.15, 0.2) is 54.6 Å². The van der Waals surface area contributed by atoms with Gasteiger partial charge in [0.15, 0.2) is 0 Å². The Morgan fingerprint density at radius 1 is 1.00 bits per heavy atom. The van der Waals surface area contributed by atoms with E-state index in [9.17, 15) is 14.4 Å². The van der Waals surface area contributed by atoms with Crippen LogP contribution >= 0.6 is 11.6 Å². The van der Waals surface area contributed by atoms with Gasteiger partial charge in [-0.25, -0.2) is 4.79 Å². The zero-order valence-corrected chi connectivity index (χ0v) is 17.7. The van der Waals surface area contributed by atoms with Gasteiger partial charge in [-0.3, -0.25) is 9.59 Å². The van der Waals surface area contributed by atoms with Gasteiger partial charge in [0.05, 0.1) is 0 Å². The largest absolute Gasteiger partial charge is 0.445 e. The van der Waals surface area contributed by atoms with Crippen molar-refractivity contribution in [3.63, 3.8) is 0 Å². The molecule has 3 amide bonds. The first-order chi connectivity index (χ1) is 14.3. The number of halogens is 1. The third kappa shape index (κ3) is 7.08. The summed E-state index contributed by atoms with van der Waals surface area (Å²) in [6.07, 6.45) is -0.585. The highest BCUT2D eigenvalue weighted by atomic mass is 35.5. The summed E-state index contributed by atoms with van der Waals surface area (Å²) in [5, 5.41) is 5.64. The molecular formula is C22H26ClN3O4. The molecule has 2 atom stereocenters. The molecule has 0 spiro atoms. The Hall–Kier alpha value is -3.06. The fourth-order valence-electron chi connectivity index (χ4n) is 2.79. The second-order valence-electron chi connectivity index (χ2n) is 7.19. The van der Waals surface area contributed by atoms with Gasteiger partial charge in [0.2, 0.25) is 11.8 Å². The molecule has 0 bridgehead atoms. The van der Waals surface area contributed by atoms with E-state index >= 15 is 0 Å². The number of nitrogens with one attached hydrogen (secondary N) is 2. The molecule has 8 heteroatoms. The minimum Gasteiger partial charge on any atom is -0.445 e. The summed E-state index contributed by atoms with van der Waals surface area (Å²) in [6, 6.07) is 14.3. The lowest BCUT2D eigenvalue weighted by atomic mass is 10.0. The van der Waals surface area contributed by atoms with Crippen molar-refractivity contribution < 1.29 is 19.1 Å². The monoisotopic (exact) mass is 431 g/mol. The quantitative estimate of drug-likeness (QED) is 0.566. The molecule has 7 nitrogen and oxygen atoms in total. The Morgan fingerprint density at radius 3 is 2.23 bits per heavy atom. The van der Waals surface area contributed by atoms with E-state index in [4.69, 9.17) is 22.1 Å². The number of hydrogen-bond acceptors (Lipinski definition) is 4. The zero-order valence-electron chi connectivity index (χ0n) is 16.9. The average Bonchev–Trinajstić information content (AvgIpc) is 2.71. The summed E-state index contributed by atoms with van der Waals surface area (Å²) in [5.41, 5.74) is 6.97. The van der Waals surface area contributed by atoms with Crippen LogP contribution < -0.4 is 16.4 Å². The lowest BCUT2D eigenvalue weighted by molar-refractivity contribution is -0.129. The first-order valence-electron chi connectivity index (χ1n) is 9.58. The van der Waals surface area contributed by atoms with E-state index in [1.54, 1.807) is 38.1 Å². The molecule has 0 fully saturated rings. The summed E-state index contributed by atoms with van der Waals surface area (Å²) in [4.78, 5) is 36.8. The number of ether oxygens (including phenoxy) is 1. The first kappa shape index (κ1) is 23.2. The smallest absolute Gasteiger partial charge is 0.408 e. The second-order valence-corrected chi connectivity index (χ2v) is 7.59. The topological polar surface area (TPSA) is 111 Å². The van der Waals surface area contributed by atoms with Crippen LogP contribution in [-0.4, -0.2) is 30.0 Å². The summed E-state index contributed by atoms with van der Waals surface area (Å²) in [6.45, 7) is 3.62. The van der Waals surface area contributed by atoms with E-state index in [0.29, 0.717) is 10.6 Å². The highest BCUT2D eigenvalue weighted by Crippen LogP contribution is 2.17. The maximum Gasteiger partial charge on any atom is 0.408 e. The number of benzene rings is 2. The Balaban J connectivity index is 1.99. The van der Waals surface area contributed by atoms with Crippen molar-refractivity contribution in [1.29, 1.82) is 0 Å². The van der Waals surface area contributed by atoms with Crippen molar-refractivity contribution in [2.45, 2.75) is 39.0 Å². The minimum absolute atomic E-state index is 0.0789. The highest BCUT2D eigenvalue weighted by molar-refractivity contribution is 6.31. The fourth-order valence-corrected chi connectivity index (χ4v) is 3.01. The summed E-state index contributed by atoms with van der Waals surface area (Å²) in [5.74, 6) is -1.47. The molecule has 0 unspecified atom stereocenters. The van der Waals surface area contributed by atoms with E-state index in [2.05, 4.69) is 10.6 Å². The van der Waals surface area contributed by atoms with Crippen LogP contribution in [0.4, 0.5) is 4.79 Å². The van der Waals surface area contributed by atoms with Gasteiger partial charge in [-0.15, -0.1) is 0 Å². The third-order valence-corrected chi connectivity index (χ3v) is 4.85. The van der Waals surface area contributed by atoms with Crippen molar-refractivity contribution in [3.8, 4) is 0 Å². The van der Waals surface area contributed by atoms with Crippen molar-refractivity contribution in [2.24, 2.45) is 11.7 Å². The zero-order chi connectivity index (χ0) is 22.1. The van der Waals surface area contributed by atoms with Crippen molar-refractivity contribution in [3.05, 3.63) is 70.7 Å². The van der Waals surface area contributed by atoms with Gasteiger partial charge >= 0.3 is 6.09 Å². The van der Waals surface area contributed by atoms with Gasteiger partial charge in [-0.05, 0) is 23.1 Å². The normalized spacial score (nSPS) is 12.7. The number of rotatable bonds is 9. The van der Waals surface area contributed by atoms with Gasteiger partial charge in [0.1, 0.15) is 18.7 Å². The van der Waals surface area contributed by atoms with Crippen LogP contribution in [0.25, 0.3) is 0 Å². The minimum atomic E-state index is -0.971. The lowest BCUT2D eigenvalue weighted by Gasteiger charge is -2.24. The van der Waals surface area contributed by atoms with Gasteiger partial charge in [0, 0.05) is 11.4 Å². The lowest BCUT2D eigenvalue weighted by Crippen LogP contribution is -2.55. The Morgan fingerprint density at radius 2 is 1.63 bits per heavy atom. The predicted octanol–water partition coefficient (Wildman–Crippen LogP) is 2.80. The summed E-state index contributed by atoms with van der Waals surface area (Å²) < 4.78 is 5.18. The first-order valence-corrected chi connectivity index (χ1v) is 9.96. The maximum absolute atomic E-state index is 12.8. The number of amides is 3. The molecule has 2 rings (SSSR count). The molecule has 0 aliphatic rings. The van der Waals surface area contributed by atoms with Crippen LogP contribution in [-0.2, 0) is 27.4 Å². The molecule has 30 heavy (non-hydrogen) atoms. The number of carbonyl (C=O) groups excluding carboxylic acids is 3. The molecule has 2 aromatic rings. The molecule has 0 aliphatic heterocycles. The van der Waals surface area contributed by atoms with Gasteiger partial charge < -0.3 is 21.1 Å². The molecule has 0 heterocycles. The Bertz CT molecular complexity index is 874. The van der Waals surface area contributed by atoms with Crippen molar-refractivity contribution >= 4 is 29.5 Å². The van der Waals surface area contributed by atoms with Crippen LogP contribution in [0, 0.1) is 5.92 Å². The molecule has 0 aliphatic carbocycles. The van der Waals surface area contributed by atoms with E-state index in [1.807, 2.05) is 30.3 Å². The molecule has 0 saturated carbocycles. The summed E-state index contributed by atoms with van der Waals surface area (Å²) >= 11 is 6.14. The van der Waals surface area contributed by atoms with E-state index < -0.39 is 30.0 Å². The van der Waals surface area contributed by atoms with Gasteiger partial charge in [-0.2, -0.15) is 0 Å². The van der Waals surface area contributed by atoms with E-state index in [-0.39, 0.29) is 18.9 Å². The number of primary amides is 1. The molecule has 0 radical (unpaired) electrons. The Kier molecular flexibility index (Phi) is 8.68. The van der Waals surface area contributed by atoms with Gasteiger partial charge in [0.25, 0.3) is 0 Å². The number of carbonyl (C=O) groups is 3. The molecule has 0 aromatic heterocycles. The molecule has 160 valence electrons. The van der Waals surface area contributed by atoms with Crippen LogP contribution in [0.1, 0.15) is 25.0 Å². The van der Waals surface area contributed by atoms with Crippen LogP contribution in [0.3, 0.4) is 0 Å². The standard InChI is InChI=1S/C22H26ClN3O4/c1-14(2)19(26-22(29)30-13-15-8-4-3-5-9-15)21(28)25-18(20(24)27)12-16-10-6-7-11-17(16)23/h3-11,14,18-19H,12-13H2,1-2H3,(H2,24,27)(H,25,28)(H,26,29)/t18-,19+/m0/s1. The van der Waals surface area contributed by atoms with E-state index in [0.717, 1.165) is 5.56 Å². The SMILES string of the molecule is CC(C)[C@@H](NC(=O)OCc1ccccc1)C(=O)N[C@@H](Cc1ccccc1Cl)C(N)=O. The highest BCUT2D eigenvalue weighted by Gasteiger charge is 2.28. The van der Waals surface area contributed by atoms with Crippen LogP contribution in [0.2, 0.25) is 5.02 Å². The number of nitrogens with two attached hydrogens (primary N) is 1. The van der Waals surface area contributed by atoms with Crippen LogP contribution in [0.5, 0.6) is 0 Å². The summed E-state index contributed by atoms with van der Waals surface area (Å²) in [7, 11) is 0. The van der Waals surface area contributed by atoms with Gasteiger partial charge in [-0.1, -0.05) is 74.0 Å². The van der Waals surface area contributed by atoms with Crippen molar-refractivity contribution in [1.82, 2.24) is 10.6 Å². The average molecular weight is 432 g/mol. The van der Waals surface area contributed by atoms with E-state index in [1.165, 1.54) is 0 Å². The molecule has 2 aromatic carbocycles. The number of alkyl carbamates (subject to hydrolysis) is 1. The predicted molar refractivity (Wildman–Crippen MR) is 115 cm³/mol. The maximum atomic E-state index is 12.8. The molecular weight excluding hydrogens is 406 g/mol. The number of hydrogen-bond donors (Lipinski definition) is 3. The third-order valence-electron chi connectivity index (χ3n) is 4.48. The molecule has 4 N–H and O–H groups in total. The molecule has 0 saturated heterocycles. The van der Waals surface area contributed by atoms with Crippen molar-refractivity contribution in [2.75, 3.05) is 0 Å². The second kappa shape index (κ2) is 11.2.